The molecule has 0 amide bonds. The van der Waals surface area contributed by atoms with Crippen molar-refractivity contribution in [2.75, 3.05) is 7.11 Å². The van der Waals surface area contributed by atoms with E-state index in [-0.39, 0.29) is 23.6 Å². The summed E-state index contributed by atoms with van der Waals surface area (Å²) in [6, 6.07) is 18.6. The molecule has 0 radical (unpaired) electrons. The molecule has 2 aromatic carbocycles. The summed E-state index contributed by atoms with van der Waals surface area (Å²) in [6.07, 6.45) is -0.0436. The van der Waals surface area contributed by atoms with Gasteiger partial charge in [0.1, 0.15) is 11.9 Å². The van der Waals surface area contributed by atoms with Crippen molar-refractivity contribution >= 4 is 17.7 Å². The number of ketones is 1. The quantitative estimate of drug-likeness (QED) is 0.256. The van der Waals surface area contributed by atoms with E-state index in [0.29, 0.717) is 5.75 Å². The fraction of sp³-hybridized carbons (Fsp3) is 0.310. The van der Waals surface area contributed by atoms with Crippen molar-refractivity contribution in [3.63, 3.8) is 0 Å². The van der Waals surface area contributed by atoms with Crippen LogP contribution in [0.4, 0.5) is 0 Å². The summed E-state index contributed by atoms with van der Waals surface area (Å²) in [5, 5.41) is 0. The Bertz CT molecular complexity index is 1220. The first-order chi connectivity index (χ1) is 17.7. The molecule has 0 unspecified atom stereocenters. The zero-order chi connectivity index (χ0) is 26.9. The number of ether oxygens (including phenoxy) is 4. The molecule has 1 aromatic heterocycles. The van der Waals surface area contributed by atoms with Gasteiger partial charge in [0.05, 0.1) is 13.0 Å². The maximum atomic E-state index is 13.0. The van der Waals surface area contributed by atoms with Gasteiger partial charge in [-0.05, 0) is 31.5 Å². The molecule has 1 heterocycles. The van der Waals surface area contributed by atoms with Crippen LogP contribution < -0.4 is 14.2 Å². The van der Waals surface area contributed by atoms with Gasteiger partial charge in [-0.3, -0.25) is 14.4 Å². The number of benzene rings is 2. The molecular formula is C29H31NO7. The van der Waals surface area contributed by atoms with E-state index in [1.54, 1.807) is 13.8 Å². The van der Waals surface area contributed by atoms with Gasteiger partial charge in [-0.15, -0.1) is 0 Å². The molecule has 194 valence electrons. The summed E-state index contributed by atoms with van der Waals surface area (Å²) in [6.45, 7) is 6.55. The van der Waals surface area contributed by atoms with Crippen molar-refractivity contribution in [2.24, 2.45) is 5.92 Å². The summed E-state index contributed by atoms with van der Waals surface area (Å²) in [5.74, 6) is -1.70. The summed E-state index contributed by atoms with van der Waals surface area (Å²) >= 11 is 0. The minimum Gasteiger partial charge on any atom is -0.493 e. The molecule has 3 rings (SSSR count). The Morgan fingerprint density at radius 3 is 2.24 bits per heavy atom. The number of carbonyl (C=O) groups is 3. The van der Waals surface area contributed by atoms with Crippen LogP contribution in [0.2, 0.25) is 0 Å². The molecule has 8 nitrogen and oxygen atoms in total. The average molecular weight is 506 g/mol. The first-order valence-corrected chi connectivity index (χ1v) is 11.9. The number of carbonyl (C=O) groups excluding carboxylic acids is 3. The Balaban J connectivity index is 1.73. The zero-order valence-electron chi connectivity index (χ0n) is 21.6. The normalized spacial score (nSPS) is 13.1. The lowest BCUT2D eigenvalue weighted by Gasteiger charge is -2.26. The average Bonchev–Trinajstić information content (AvgIpc) is 2.88. The van der Waals surface area contributed by atoms with E-state index >= 15 is 0 Å². The second-order valence-corrected chi connectivity index (χ2v) is 8.72. The minimum atomic E-state index is -0.788. The van der Waals surface area contributed by atoms with Gasteiger partial charge < -0.3 is 18.9 Å². The molecule has 0 N–H and O–H groups in total. The van der Waals surface area contributed by atoms with Crippen LogP contribution >= 0.6 is 0 Å². The predicted octanol–water partition coefficient (Wildman–Crippen LogP) is 5.28. The maximum Gasteiger partial charge on any atom is 0.309 e. The van der Waals surface area contributed by atoms with Gasteiger partial charge in [-0.2, -0.15) is 0 Å². The monoisotopic (exact) mass is 505 g/mol. The summed E-state index contributed by atoms with van der Waals surface area (Å²) in [4.78, 5) is 41.6. The maximum absolute atomic E-state index is 13.0. The first-order valence-electron chi connectivity index (χ1n) is 11.9. The first kappa shape index (κ1) is 27.4. The lowest BCUT2D eigenvalue weighted by atomic mass is 10.0. The second-order valence-electron chi connectivity index (χ2n) is 8.72. The molecule has 0 aliphatic rings. The highest BCUT2D eigenvalue weighted by Gasteiger charge is 2.29. The van der Waals surface area contributed by atoms with Crippen LogP contribution in [-0.4, -0.2) is 35.9 Å². The van der Waals surface area contributed by atoms with Gasteiger partial charge in [-0.1, -0.05) is 55.0 Å². The summed E-state index contributed by atoms with van der Waals surface area (Å²) in [5.41, 5.74) is 1.86. The van der Waals surface area contributed by atoms with Crippen molar-refractivity contribution in [1.82, 2.24) is 4.98 Å². The van der Waals surface area contributed by atoms with Crippen molar-refractivity contribution in [3.05, 3.63) is 83.7 Å². The van der Waals surface area contributed by atoms with Gasteiger partial charge in [0.25, 0.3) is 0 Å². The Hall–Kier alpha value is -4.20. The summed E-state index contributed by atoms with van der Waals surface area (Å²) in [7, 11) is 1.39. The third-order valence-corrected chi connectivity index (χ3v) is 5.63. The van der Waals surface area contributed by atoms with Crippen LogP contribution in [0.15, 0.2) is 66.9 Å². The Kier molecular flexibility index (Phi) is 9.38. The lowest BCUT2D eigenvalue weighted by Crippen LogP contribution is -2.30. The smallest absolute Gasteiger partial charge is 0.309 e. The Morgan fingerprint density at radius 1 is 0.946 bits per heavy atom. The lowest BCUT2D eigenvalue weighted by molar-refractivity contribution is -0.157. The van der Waals surface area contributed by atoms with E-state index in [0.717, 1.165) is 11.1 Å². The second kappa shape index (κ2) is 12.7. The number of aryl methyl sites for hydroxylation is 1. The Labute approximate surface area is 216 Å². The van der Waals surface area contributed by atoms with E-state index in [1.165, 1.54) is 26.3 Å². The molecule has 3 aromatic rings. The molecule has 8 heteroatoms. The van der Waals surface area contributed by atoms with Crippen LogP contribution in [-0.2, 0) is 14.3 Å². The van der Waals surface area contributed by atoms with Crippen LogP contribution in [0, 0.1) is 12.8 Å². The van der Waals surface area contributed by atoms with Gasteiger partial charge in [0, 0.05) is 25.6 Å². The molecule has 37 heavy (non-hydrogen) atoms. The molecule has 0 saturated carbocycles. The molecule has 0 fully saturated rings. The number of pyridine rings is 1. The van der Waals surface area contributed by atoms with Crippen LogP contribution in [0.3, 0.4) is 0 Å². The number of Topliss-reactive ketones (excluding diaryl/α,β-unsaturated/α-hetero) is 1. The minimum absolute atomic E-state index is 0.0768. The number of nitrogens with zero attached hydrogens (tertiary/aromatic N) is 1. The van der Waals surface area contributed by atoms with Crippen molar-refractivity contribution < 1.29 is 33.3 Å². The van der Waals surface area contributed by atoms with Gasteiger partial charge >= 0.3 is 11.9 Å². The molecule has 0 bridgehead atoms. The van der Waals surface area contributed by atoms with Crippen LogP contribution in [0.1, 0.15) is 54.9 Å². The number of methoxy groups -OCH3 is 1. The fourth-order valence-corrected chi connectivity index (χ4v) is 3.69. The number of hydrogen-bond donors (Lipinski definition) is 0. The molecule has 3 atom stereocenters. The summed E-state index contributed by atoms with van der Waals surface area (Å²) < 4.78 is 22.3. The highest BCUT2D eigenvalue weighted by atomic mass is 16.6. The standard InChI is InChI=1S/C29H31NO7/c1-18-11-13-23(14-12-18)37-27(22-9-7-6-8-10-22)20(3)35-29(33)19(2)17-24(32)26-28(36-21(4)31)25(34-5)15-16-30-26/h6-16,19-20,27H,17H2,1-5H3/t19-,20+,27+/m1/s1. The Morgan fingerprint density at radius 2 is 1.62 bits per heavy atom. The molecule has 0 aliphatic heterocycles. The SMILES string of the molecule is COc1ccnc(C(=O)C[C@@H](C)C(=O)O[C@@H](C)[C@H](Oc2ccc(C)cc2)c2ccccc2)c1OC(C)=O. The number of rotatable bonds is 11. The highest BCUT2D eigenvalue weighted by Crippen LogP contribution is 2.32. The van der Waals surface area contributed by atoms with E-state index in [4.69, 9.17) is 18.9 Å². The van der Waals surface area contributed by atoms with Gasteiger partial charge in [0.2, 0.25) is 5.75 Å². The van der Waals surface area contributed by atoms with Crippen molar-refractivity contribution in [1.29, 1.82) is 0 Å². The van der Waals surface area contributed by atoms with E-state index in [2.05, 4.69) is 4.98 Å². The third-order valence-electron chi connectivity index (χ3n) is 5.63. The van der Waals surface area contributed by atoms with Crippen molar-refractivity contribution in [2.45, 2.75) is 46.3 Å². The number of aromatic nitrogens is 1. The fourth-order valence-electron chi connectivity index (χ4n) is 3.69. The zero-order valence-corrected chi connectivity index (χ0v) is 21.6. The molecular weight excluding hydrogens is 474 g/mol. The van der Waals surface area contributed by atoms with Crippen LogP contribution in [0.25, 0.3) is 0 Å². The van der Waals surface area contributed by atoms with Gasteiger partial charge in [-0.25, -0.2) is 4.98 Å². The largest absolute Gasteiger partial charge is 0.493 e. The van der Waals surface area contributed by atoms with E-state index in [1.807, 2.05) is 61.5 Å². The number of esters is 2. The topological polar surface area (TPSA) is 101 Å². The molecule has 0 spiro atoms. The van der Waals surface area contributed by atoms with E-state index in [9.17, 15) is 14.4 Å². The van der Waals surface area contributed by atoms with Crippen molar-refractivity contribution in [3.8, 4) is 17.2 Å². The highest BCUT2D eigenvalue weighted by molar-refractivity contribution is 5.99. The predicted molar refractivity (Wildman–Crippen MR) is 137 cm³/mol. The van der Waals surface area contributed by atoms with Gasteiger partial charge in [0.15, 0.2) is 23.3 Å². The van der Waals surface area contributed by atoms with E-state index < -0.39 is 35.8 Å². The number of hydrogen-bond acceptors (Lipinski definition) is 8. The van der Waals surface area contributed by atoms with Crippen LogP contribution in [0.5, 0.6) is 17.2 Å². The third kappa shape index (κ3) is 7.39. The molecule has 0 saturated heterocycles. The molecule has 0 aliphatic carbocycles.